The van der Waals surface area contributed by atoms with Crippen LogP contribution in [0.15, 0.2) is 24.3 Å². The second kappa shape index (κ2) is 8.28. The zero-order valence-corrected chi connectivity index (χ0v) is 13.2. The predicted molar refractivity (Wildman–Crippen MR) is 85.2 cm³/mol. The summed E-state index contributed by atoms with van der Waals surface area (Å²) in [6, 6.07) is 8.56. The molecule has 4 heteroatoms. The van der Waals surface area contributed by atoms with Crippen LogP contribution in [0.1, 0.15) is 37.3 Å². The molecule has 1 saturated heterocycles. The predicted octanol–water partition coefficient (Wildman–Crippen LogP) is 2.77. The second-order valence-corrected chi connectivity index (χ2v) is 5.37. The third-order valence-corrected chi connectivity index (χ3v) is 3.84. The first-order chi connectivity index (χ1) is 9.20. The van der Waals surface area contributed by atoms with Crippen LogP contribution in [-0.4, -0.2) is 30.4 Å². The fourth-order valence-corrected chi connectivity index (χ4v) is 2.56. The van der Waals surface area contributed by atoms with Crippen LogP contribution >= 0.6 is 12.4 Å². The number of rotatable bonds is 4. The molecule has 1 aliphatic heterocycles. The topological polar surface area (TPSA) is 32.3 Å². The minimum absolute atomic E-state index is 0. The van der Waals surface area contributed by atoms with Crippen LogP contribution in [0.3, 0.4) is 0 Å². The van der Waals surface area contributed by atoms with Crippen molar-refractivity contribution in [1.29, 1.82) is 0 Å². The van der Waals surface area contributed by atoms with E-state index in [0.717, 1.165) is 25.8 Å². The maximum absolute atomic E-state index is 12.3. The molecule has 0 saturated carbocycles. The first-order valence-corrected chi connectivity index (χ1v) is 7.27. The third kappa shape index (κ3) is 4.50. The molecule has 0 aromatic heterocycles. The standard InChI is InChI=1S/C16H24N2O.ClH/c1-3-13-7-9-14(10-8-13)12-18(2)16(19)15-6-4-5-11-17-15;/h7-10,15,17H,3-6,11-12H2,1-2H3;1H. The fraction of sp³-hybridized carbons (Fsp3) is 0.562. The number of carbonyl (C=O) groups is 1. The Morgan fingerprint density at radius 1 is 1.25 bits per heavy atom. The van der Waals surface area contributed by atoms with Crippen molar-refractivity contribution in [3.05, 3.63) is 35.4 Å². The van der Waals surface area contributed by atoms with Crippen LogP contribution in [0.2, 0.25) is 0 Å². The van der Waals surface area contributed by atoms with Gasteiger partial charge in [-0.2, -0.15) is 0 Å². The maximum atomic E-state index is 12.3. The Morgan fingerprint density at radius 3 is 2.45 bits per heavy atom. The van der Waals surface area contributed by atoms with E-state index in [1.165, 1.54) is 17.5 Å². The van der Waals surface area contributed by atoms with E-state index in [2.05, 4.69) is 36.5 Å². The van der Waals surface area contributed by atoms with E-state index in [1.807, 2.05) is 11.9 Å². The summed E-state index contributed by atoms with van der Waals surface area (Å²) in [5.41, 5.74) is 2.54. The maximum Gasteiger partial charge on any atom is 0.239 e. The van der Waals surface area contributed by atoms with Crippen molar-refractivity contribution in [2.45, 2.75) is 45.2 Å². The lowest BCUT2D eigenvalue weighted by molar-refractivity contribution is -0.133. The van der Waals surface area contributed by atoms with Crippen molar-refractivity contribution in [1.82, 2.24) is 10.2 Å². The van der Waals surface area contributed by atoms with Gasteiger partial charge in [-0.15, -0.1) is 12.4 Å². The normalized spacial score (nSPS) is 18.2. The molecule has 1 fully saturated rings. The summed E-state index contributed by atoms with van der Waals surface area (Å²) in [7, 11) is 1.90. The summed E-state index contributed by atoms with van der Waals surface area (Å²) in [6.45, 7) is 3.82. The molecule has 1 unspecified atom stereocenters. The molecule has 0 bridgehead atoms. The van der Waals surface area contributed by atoms with Crippen LogP contribution in [0.4, 0.5) is 0 Å². The Labute approximate surface area is 128 Å². The van der Waals surface area contributed by atoms with E-state index < -0.39 is 0 Å². The zero-order chi connectivity index (χ0) is 13.7. The average molecular weight is 297 g/mol. The number of amides is 1. The van der Waals surface area contributed by atoms with E-state index in [4.69, 9.17) is 0 Å². The summed E-state index contributed by atoms with van der Waals surface area (Å²) in [4.78, 5) is 14.1. The minimum Gasteiger partial charge on any atom is -0.340 e. The van der Waals surface area contributed by atoms with Gasteiger partial charge in [-0.1, -0.05) is 37.6 Å². The van der Waals surface area contributed by atoms with Gasteiger partial charge in [-0.25, -0.2) is 0 Å². The van der Waals surface area contributed by atoms with Crippen LogP contribution in [0.25, 0.3) is 0 Å². The lowest BCUT2D eigenvalue weighted by Gasteiger charge is -2.27. The Bertz CT molecular complexity index is 413. The highest BCUT2D eigenvalue weighted by molar-refractivity contribution is 5.85. The monoisotopic (exact) mass is 296 g/mol. The third-order valence-electron chi connectivity index (χ3n) is 3.84. The molecular weight excluding hydrogens is 272 g/mol. The Morgan fingerprint density at radius 2 is 1.90 bits per heavy atom. The Kier molecular flexibility index (Phi) is 7.03. The lowest BCUT2D eigenvalue weighted by atomic mass is 10.0. The Balaban J connectivity index is 0.00000200. The number of nitrogens with one attached hydrogen (secondary N) is 1. The molecule has 1 aromatic rings. The molecule has 1 atom stereocenters. The zero-order valence-electron chi connectivity index (χ0n) is 12.4. The Hall–Kier alpha value is -1.06. The number of nitrogens with zero attached hydrogens (tertiary/aromatic N) is 1. The summed E-state index contributed by atoms with van der Waals surface area (Å²) in [6.07, 6.45) is 4.37. The number of hydrogen-bond acceptors (Lipinski definition) is 2. The summed E-state index contributed by atoms with van der Waals surface area (Å²) >= 11 is 0. The van der Waals surface area contributed by atoms with Crippen molar-refractivity contribution in [2.24, 2.45) is 0 Å². The number of carbonyl (C=O) groups excluding carboxylic acids is 1. The molecule has 0 spiro atoms. The highest BCUT2D eigenvalue weighted by Gasteiger charge is 2.23. The number of aryl methyl sites for hydroxylation is 1. The number of piperidine rings is 1. The number of benzene rings is 1. The number of hydrogen-bond donors (Lipinski definition) is 1. The van der Waals surface area contributed by atoms with Crippen molar-refractivity contribution >= 4 is 18.3 Å². The van der Waals surface area contributed by atoms with E-state index in [0.29, 0.717) is 6.54 Å². The average Bonchev–Trinajstić information content (AvgIpc) is 2.48. The smallest absolute Gasteiger partial charge is 0.239 e. The van der Waals surface area contributed by atoms with Crippen molar-refractivity contribution in [3.63, 3.8) is 0 Å². The van der Waals surface area contributed by atoms with Gasteiger partial charge in [0.1, 0.15) is 0 Å². The molecule has 1 heterocycles. The van der Waals surface area contributed by atoms with Gasteiger partial charge in [-0.05, 0) is 36.9 Å². The van der Waals surface area contributed by atoms with Gasteiger partial charge >= 0.3 is 0 Å². The minimum atomic E-state index is 0. The van der Waals surface area contributed by atoms with E-state index in [-0.39, 0.29) is 24.4 Å². The molecule has 1 N–H and O–H groups in total. The molecule has 1 amide bonds. The quantitative estimate of drug-likeness (QED) is 0.926. The fourth-order valence-electron chi connectivity index (χ4n) is 2.56. The molecule has 1 aromatic carbocycles. The van der Waals surface area contributed by atoms with Gasteiger partial charge < -0.3 is 10.2 Å². The van der Waals surface area contributed by atoms with Gasteiger partial charge in [0.15, 0.2) is 0 Å². The SMILES string of the molecule is CCc1ccc(CN(C)C(=O)C2CCCCN2)cc1.Cl. The highest BCUT2D eigenvalue weighted by atomic mass is 35.5. The molecule has 20 heavy (non-hydrogen) atoms. The van der Waals surface area contributed by atoms with Crippen molar-refractivity contribution in [3.8, 4) is 0 Å². The van der Waals surface area contributed by atoms with Crippen molar-refractivity contribution in [2.75, 3.05) is 13.6 Å². The van der Waals surface area contributed by atoms with Gasteiger partial charge in [0.25, 0.3) is 0 Å². The molecule has 112 valence electrons. The van der Waals surface area contributed by atoms with Gasteiger partial charge in [0, 0.05) is 13.6 Å². The largest absolute Gasteiger partial charge is 0.340 e. The number of likely N-dealkylation sites (N-methyl/N-ethyl adjacent to an activating group) is 1. The van der Waals surface area contributed by atoms with E-state index in [9.17, 15) is 4.79 Å². The van der Waals surface area contributed by atoms with Gasteiger partial charge in [0.2, 0.25) is 5.91 Å². The molecule has 0 aliphatic carbocycles. The van der Waals surface area contributed by atoms with Gasteiger partial charge in [-0.3, -0.25) is 4.79 Å². The molecule has 0 radical (unpaired) electrons. The highest BCUT2D eigenvalue weighted by Crippen LogP contribution is 2.12. The molecule has 1 aliphatic rings. The molecule has 3 nitrogen and oxygen atoms in total. The van der Waals surface area contributed by atoms with Crippen LogP contribution in [0, 0.1) is 0 Å². The van der Waals surface area contributed by atoms with Crippen LogP contribution in [-0.2, 0) is 17.8 Å². The lowest BCUT2D eigenvalue weighted by Crippen LogP contribution is -2.46. The van der Waals surface area contributed by atoms with E-state index >= 15 is 0 Å². The number of halogens is 1. The van der Waals surface area contributed by atoms with Gasteiger partial charge in [0.05, 0.1) is 6.04 Å². The second-order valence-electron chi connectivity index (χ2n) is 5.37. The summed E-state index contributed by atoms with van der Waals surface area (Å²) in [5, 5.41) is 3.31. The van der Waals surface area contributed by atoms with Crippen molar-refractivity contribution < 1.29 is 4.79 Å². The first-order valence-electron chi connectivity index (χ1n) is 7.27. The van der Waals surface area contributed by atoms with Crippen LogP contribution in [0.5, 0.6) is 0 Å². The summed E-state index contributed by atoms with van der Waals surface area (Å²) in [5.74, 6) is 0.222. The summed E-state index contributed by atoms with van der Waals surface area (Å²) < 4.78 is 0. The first kappa shape index (κ1) is 17.0. The molecule has 2 rings (SSSR count). The van der Waals surface area contributed by atoms with E-state index in [1.54, 1.807) is 0 Å². The van der Waals surface area contributed by atoms with Crippen LogP contribution < -0.4 is 5.32 Å². The molecular formula is C16H25ClN2O.